The Morgan fingerprint density at radius 3 is 2.48 bits per heavy atom. The number of carbonyl (C=O) groups is 3. The van der Waals surface area contributed by atoms with E-state index < -0.39 is 17.6 Å². The summed E-state index contributed by atoms with van der Waals surface area (Å²) in [5.74, 6) is -1.68. The van der Waals surface area contributed by atoms with Gasteiger partial charge in [-0.25, -0.2) is 4.39 Å². The van der Waals surface area contributed by atoms with Crippen molar-refractivity contribution in [1.29, 1.82) is 0 Å². The van der Waals surface area contributed by atoms with Crippen LogP contribution in [0, 0.1) is 5.82 Å². The van der Waals surface area contributed by atoms with E-state index in [1.807, 2.05) is 0 Å². The van der Waals surface area contributed by atoms with E-state index in [1.165, 1.54) is 19.3 Å². The fourth-order valence-corrected chi connectivity index (χ4v) is 3.05. The van der Waals surface area contributed by atoms with Gasteiger partial charge in [0, 0.05) is 42.4 Å². The molecule has 2 aromatic carbocycles. The van der Waals surface area contributed by atoms with Crippen molar-refractivity contribution in [2.75, 3.05) is 12.4 Å². The van der Waals surface area contributed by atoms with Gasteiger partial charge in [-0.05, 0) is 35.9 Å². The molecular weight excluding hydrogens is 397 g/mol. The summed E-state index contributed by atoms with van der Waals surface area (Å²) in [7, 11) is 1.47. The number of aliphatic imine (C=N–C) groups is 1. The number of hydrogen-bond donors (Lipinski definition) is 2. The average molecular weight is 414 g/mol. The molecule has 0 unspecified atom stereocenters. The molecule has 3 rings (SSSR count). The van der Waals surface area contributed by atoms with Crippen molar-refractivity contribution in [2.24, 2.45) is 4.99 Å². The lowest BCUT2D eigenvalue weighted by molar-refractivity contribution is -0.118. The van der Waals surface area contributed by atoms with Gasteiger partial charge in [0.2, 0.25) is 0 Å². The number of rotatable bonds is 6. The van der Waals surface area contributed by atoms with E-state index in [0.717, 1.165) is 12.1 Å². The van der Waals surface area contributed by atoms with Crippen molar-refractivity contribution in [3.05, 3.63) is 75.7 Å². The van der Waals surface area contributed by atoms with E-state index in [0.29, 0.717) is 11.3 Å². The zero-order chi connectivity index (χ0) is 21.0. The molecule has 6 nitrogen and oxygen atoms in total. The number of ketones is 1. The first-order valence-electron chi connectivity index (χ1n) is 8.74. The summed E-state index contributed by atoms with van der Waals surface area (Å²) >= 11 is 5.79. The third kappa shape index (κ3) is 4.94. The number of likely N-dealkylation sites (N-methyl/N-ethyl adjacent to an activating group) is 1. The van der Waals surface area contributed by atoms with E-state index in [4.69, 9.17) is 11.6 Å². The average Bonchev–Trinajstić information content (AvgIpc) is 3.18. The number of amides is 2. The second kappa shape index (κ2) is 8.79. The minimum atomic E-state index is -0.569. The van der Waals surface area contributed by atoms with Crippen LogP contribution in [0.25, 0.3) is 0 Å². The number of nitrogens with zero attached hydrogens (tertiary/aromatic N) is 1. The largest absolute Gasteiger partial charge is 0.354 e. The SMILES string of the molecule is CNC(=O)C1=C(C(=O)Nc2ccc(CC(=O)c3cc(F)cc(Cl)c3)cc2)CC=N1. The molecule has 0 radical (unpaired) electrons. The van der Waals surface area contributed by atoms with Crippen molar-refractivity contribution in [3.8, 4) is 0 Å². The molecule has 148 valence electrons. The Labute approximate surface area is 171 Å². The van der Waals surface area contributed by atoms with Crippen molar-refractivity contribution in [3.63, 3.8) is 0 Å². The predicted octanol–water partition coefficient (Wildman–Crippen LogP) is 3.32. The molecule has 29 heavy (non-hydrogen) atoms. The molecule has 0 bridgehead atoms. The number of anilines is 1. The van der Waals surface area contributed by atoms with E-state index in [2.05, 4.69) is 15.6 Å². The second-order valence-electron chi connectivity index (χ2n) is 6.33. The van der Waals surface area contributed by atoms with Crippen molar-refractivity contribution in [2.45, 2.75) is 12.8 Å². The molecule has 1 aliphatic rings. The molecule has 0 atom stereocenters. The summed E-state index contributed by atoms with van der Waals surface area (Å²) < 4.78 is 13.4. The van der Waals surface area contributed by atoms with Gasteiger partial charge in [0.05, 0.1) is 5.57 Å². The molecule has 2 amide bonds. The number of hydrogen-bond acceptors (Lipinski definition) is 4. The molecule has 8 heteroatoms. The molecule has 0 aromatic heterocycles. The first-order chi connectivity index (χ1) is 13.9. The summed E-state index contributed by atoms with van der Waals surface area (Å²) in [4.78, 5) is 40.5. The van der Waals surface area contributed by atoms with Gasteiger partial charge in [-0.15, -0.1) is 0 Å². The maximum absolute atomic E-state index is 13.4. The van der Waals surface area contributed by atoms with Crippen molar-refractivity contribution in [1.82, 2.24) is 5.32 Å². The molecule has 0 fully saturated rings. The summed E-state index contributed by atoms with van der Waals surface area (Å²) in [6, 6.07) is 10.4. The minimum Gasteiger partial charge on any atom is -0.354 e. The minimum absolute atomic E-state index is 0.0633. The van der Waals surface area contributed by atoms with Crippen LogP contribution in [-0.4, -0.2) is 30.9 Å². The van der Waals surface area contributed by atoms with E-state index in [9.17, 15) is 18.8 Å². The zero-order valence-corrected chi connectivity index (χ0v) is 16.2. The molecule has 1 aliphatic heterocycles. The van der Waals surface area contributed by atoms with Crippen LogP contribution in [0.4, 0.5) is 10.1 Å². The maximum Gasteiger partial charge on any atom is 0.270 e. The van der Waals surface area contributed by atoms with E-state index in [1.54, 1.807) is 24.3 Å². The van der Waals surface area contributed by atoms with E-state index >= 15 is 0 Å². The Morgan fingerprint density at radius 1 is 1.10 bits per heavy atom. The summed E-state index contributed by atoms with van der Waals surface area (Å²) in [6.07, 6.45) is 1.85. The number of benzene rings is 2. The van der Waals surface area contributed by atoms with Crippen LogP contribution in [0.5, 0.6) is 0 Å². The Kier molecular flexibility index (Phi) is 6.19. The van der Waals surface area contributed by atoms with Crippen molar-refractivity contribution >= 4 is 41.1 Å². The molecule has 2 aromatic rings. The van der Waals surface area contributed by atoms with Gasteiger partial charge >= 0.3 is 0 Å². The zero-order valence-electron chi connectivity index (χ0n) is 15.5. The highest BCUT2D eigenvalue weighted by Gasteiger charge is 2.23. The molecule has 1 heterocycles. The summed E-state index contributed by atoms with van der Waals surface area (Å²) in [5.41, 5.74) is 1.79. The first-order valence-corrected chi connectivity index (χ1v) is 9.12. The van der Waals surface area contributed by atoms with Gasteiger partial charge in [0.1, 0.15) is 11.5 Å². The lowest BCUT2D eigenvalue weighted by atomic mass is 10.0. The molecule has 2 N–H and O–H groups in total. The number of carbonyl (C=O) groups excluding carboxylic acids is 3. The van der Waals surface area contributed by atoms with Crippen LogP contribution < -0.4 is 10.6 Å². The fraction of sp³-hybridized carbons (Fsp3) is 0.143. The van der Waals surface area contributed by atoms with Gasteiger partial charge in [-0.3, -0.25) is 19.4 Å². The monoisotopic (exact) mass is 413 g/mol. The quantitative estimate of drug-likeness (QED) is 0.712. The maximum atomic E-state index is 13.4. The lowest BCUT2D eigenvalue weighted by Crippen LogP contribution is -2.23. The van der Waals surface area contributed by atoms with Crippen LogP contribution in [0.2, 0.25) is 5.02 Å². The standard InChI is InChI=1S/C21H17ClFN3O3/c1-24-21(29)19-17(6-7-25-19)20(28)26-16-4-2-12(3-5-16)8-18(27)13-9-14(22)11-15(23)10-13/h2-5,7,9-11H,6,8H2,1H3,(H,24,29)(H,26,28). The van der Waals surface area contributed by atoms with Crippen LogP contribution in [0.1, 0.15) is 22.3 Å². The molecule has 0 aliphatic carbocycles. The summed E-state index contributed by atoms with van der Waals surface area (Å²) in [6.45, 7) is 0. The molecule has 0 saturated carbocycles. The molecule has 0 spiro atoms. The molecular formula is C21H17ClFN3O3. The highest BCUT2D eigenvalue weighted by Crippen LogP contribution is 2.20. The van der Waals surface area contributed by atoms with Crippen molar-refractivity contribution < 1.29 is 18.8 Å². The lowest BCUT2D eigenvalue weighted by Gasteiger charge is -2.08. The third-order valence-corrected chi connectivity index (χ3v) is 4.50. The van der Waals surface area contributed by atoms with Gasteiger partial charge in [0.25, 0.3) is 11.8 Å². The van der Waals surface area contributed by atoms with Crippen LogP contribution in [0.3, 0.4) is 0 Å². The summed E-state index contributed by atoms with van der Waals surface area (Å²) in [5, 5.41) is 5.32. The highest BCUT2D eigenvalue weighted by atomic mass is 35.5. The smallest absolute Gasteiger partial charge is 0.270 e. The first kappa shape index (κ1) is 20.4. The Morgan fingerprint density at radius 2 is 1.83 bits per heavy atom. The van der Waals surface area contributed by atoms with Gasteiger partial charge in [0.15, 0.2) is 5.78 Å². The Balaban J connectivity index is 1.67. The topological polar surface area (TPSA) is 87.6 Å². The van der Waals surface area contributed by atoms with Gasteiger partial charge in [-0.2, -0.15) is 0 Å². The third-order valence-electron chi connectivity index (χ3n) is 4.28. The normalized spacial score (nSPS) is 12.8. The number of nitrogens with one attached hydrogen (secondary N) is 2. The number of Topliss-reactive ketones (excluding diaryl/α,β-unsaturated/α-hetero) is 1. The van der Waals surface area contributed by atoms with Gasteiger partial charge < -0.3 is 10.6 Å². The highest BCUT2D eigenvalue weighted by molar-refractivity contribution is 6.31. The number of halogens is 2. The van der Waals surface area contributed by atoms with Gasteiger partial charge in [-0.1, -0.05) is 23.7 Å². The molecule has 0 saturated heterocycles. The second-order valence-corrected chi connectivity index (χ2v) is 6.77. The van der Waals surface area contributed by atoms with E-state index in [-0.39, 0.29) is 40.5 Å². The van der Waals surface area contributed by atoms with Crippen LogP contribution in [-0.2, 0) is 16.0 Å². The predicted molar refractivity (Wildman–Crippen MR) is 109 cm³/mol. The Hall–Kier alpha value is -3.32. The van der Waals surface area contributed by atoms with Crippen LogP contribution >= 0.6 is 11.6 Å². The van der Waals surface area contributed by atoms with Crippen LogP contribution in [0.15, 0.2) is 58.7 Å². The fourth-order valence-electron chi connectivity index (χ4n) is 2.83. The Bertz CT molecular complexity index is 1030.